The van der Waals surface area contributed by atoms with Crippen molar-refractivity contribution >= 4 is 39.6 Å². The van der Waals surface area contributed by atoms with Gasteiger partial charge in [0.15, 0.2) is 5.11 Å². The molecule has 0 radical (unpaired) electrons. The Morgan fingerprint density at radius 1 is 1.17 bits per heavy atom. The summed E-state index contributed by atoms with van der Waals surface area (Å²) in [7, 11) is 0. The Morgan fingerprint density at radius 2 is 1.88 bits per heavy atom. The molecule has 1 aliphatic heterocycles. The Kier molecular flexibility index (Phi) is 6.11. The fourth-order valence-electron chi connectivity index (χ4n) is 3.52. The number of fused-ring (bicyclic) bond motifs is 1. The standard InChI is InChI=1S/C18H26N2O2S2/c1-2-22-17(21)15-13-9-5-6-10-14(13)24-16(15)19-18(23)20-11-7-3-4-8-12-20/h2-12H2,1H3,(H,19,23). The van der Waals surface area contributed by atoms with Gasteiger partial charge in [0.05, 0.1) is 12.2 Å². The molecule has 0 atom stereocenters. The monoisotopic (exact) mass is 366 g/mol. The van der Waals surface area contributed by atoms with Crippen LogP contribution in [0.2, 0.25) is 0 Å². The summed E-state index contributed by atoms with van der Waals surface area (Å²) < 4.78 is 5.31. The lowest BCUT2D eigenvalue weighted by atomic mass is 9.95. The molecule has 3 rings (SSSR count). The van der Waals surface area contributed by atoms with Gasteiger partial charge in [-0.05, 0) is 63.2 Å². The summed E-state index contributed by atoms with van der Waals surface area (Å²) >= 11 is 7.32. The number of likely N-dealkylation sites (tertiary alicyclic amines) is 1. The van der Waals surface area contributed by atoms with Crippen molar-refractivity contribution in [2.24, 2.45) is 0 Å². The molecule has 0 unspecified atom stereocenters. The third-order valence-electron chi connectivity index (χ3n) is 4.76. The molecule has 1 aromatic rings. The number of thiocarbonyl (C=S) groups is 1. The molecule has 1 fully saturated rings. The zero-order valence-corrected chi connectivity index (χ0v) is 16.0. The molecule has 1 saturated heterocycles. The molecule has 0 saturated carbocycles. The number of carbonyl (C=O) groups excluding carboxylic acids is 1. The molecule has 24 heavy (non-hydrogen) atoms. The van der Waals surface area contributed by atoms with Crippen LogP contribution in [-0.2, 0) is 17.6 Å². The molecule has 1 aliphatic carbocycles. The van der Waals surface area contributed by atoms with Crippen molar-refractivity contribution < 1.29 is 9.53 Å². The van der Waals surface area contributed by atoms with Gasteiger partial charge in [0.2, 0.25) is 0 Å². The van der Waals surface area contributed by atoms with Crippen LogP contribution >= 0.6 is 23.6 Å². The van der Waals surface area contributed by atoms with E-state index in [1.54, 1.807) is 11.3 Å². The topological polar surface area (TPSA) is 41.6 Å². The lowest BCUT2D eigenvalue weighted by molar-refractivity contribution is 0.0526. The maximum Gasteiger partial charge on any atom is 0.341 e. The molecule has 4 nitrogen and oxygen atoms in total. The second kappa shape index (κ2) is 8.30. The zero-order valence-electron chi connectivity index (χ0n) is 14.4. The lowest BCUT2D eigenvalue weighted by Crippen LogP contribution is -2.35. The fourth-order valence-corrected chi connectivity index (χ4v) is 5.15. The van der Waals surface area contributed by atoms with E-state index in [4.69, 9.17) is 17.0 Å². The van der Waals surface area contributed by atoms with E-state index in [1.807, 2.05) is 6.92 Å². The highest BCUT2D eigenvalue weighted by molar-refractivity contribution is 7.80. The highest BCUT2D eigenvalue weighted by Crippen LogP contribution is 2.38. The van der Waals surface area contributed by atoms with E-state index in [9.17, 15) is 4.79 Å². The number of ether oxygens (including phenoxy) is 1. The summed E-state index contributed by atoms with van der Waals surface area (Å²) in [6.07, 6.45) is 9.31. The highest BCUT2D eigenvalue weighted by atomic mass is 32.1. The van der Waals surface area contributed by atoms with E-state index in [0.29, 0.717) is 6.61 Å². The van der Waals surface area contributed by atoms with Crippen molar-refractivity contribution in [1.29, 1.82) is 0 Å². The van der Waals surface area contributed by atoms with Crippen molar-refractivity contribution in [3.8, 4) is 0 Å². The Bertz CT molecular complexity index is 604. The van der Waals surface area contributed by atoms with Gasteiger partial charge in [-0.2, -0.15) is 0 Å². The van der Waals surface area contributed by atoms with Gasteiger partial charge in [-0.3, -0.25) is 0 Å². The first-order valence-corrected chi connectivity index (χ1v) is 10.3. The third-order valence-corrected chi connectivity index (χ3v) is 6.33. The second-order valence-corrected chi connectivity index (χ2v) is 7.96. The number of carbonyl (C=O) groups is 1. The quantitative estimate of drug-likeness (QED) is 0.635. The summed E-state index contributed by atoms with van der Waals surface area (Å²) in [5.41, 5.74) is 1.92. The van der Waals surface area contributed by atoms with E-state index in [0.717, 1.165) is 48.0 Å². The van der Waals surface area contributed by atoms with Gasteiger partial charge in [0.25, 0.3) is 0 Å². The Balaban J connectivity index is 1.82. The predicted molar refractivity (Wildman–Crippen MR) is 103 cm³/mol. The first kappa shape index (κ1) is 17.7. The van der Waals surface area contributed by atoms with Crippen molar-refractivity contribution in [3.63, 3.8) is 0 Å². The first-order valence-electron chi connectivity index (χ1n) is 9.08. The Hall–Kier alpha value is -1.14. The normalized spacial score (nSPS) is 17.8. The number of nitrogens with zero attached hydrogens (tertiary/aromatic N) is 1. The van der Waals surface area contributed by atoms with Crippen LogP contribution in [0.1, 0.15) is 66.2 Å². The van der Waals surface area contributed by atoms with E-state index in [1.165, 1.54) is 42.5 Å². The van der Waals surface area contributed by atoms with Gasteiger partial charge in [0.1, 0.15) is 5.00 Å². The summed E-state index contributed by atoms with van der Waals surface area (Å²) in [4.78, 5) is 16.1. The second-order valence-electron chi connectivity index (χ2n) is 6.47. The van der Waals surface area contributed by atoms with Crippen LogP contribution in [-0.4, -0.2) is 35.7 Å². The number of esters is 1. The minimum Gasteiger partial charge on any atom is -0.462 e. The van der Waals surface area contributed by atoms with Crippen LogP contribution in [0.25, 0.3) is 0 Å². The SMILES string of the molecule is CCOC(=O)c1c(NC(=S)N2CCCCCC2)sc2c1CCCC2. The van der Waals surface area contributed by atoms with Gasteiger partial charge >= 0.3 is 5.97 Å². The number of rotatable bonds is 3. The fraction of sp³-hybridized carbons (Fsp3) is 0.667. The third kappa shape index (κ3) is 3.91. The maximum absolute atomic E-state index is 12.5. The van der Waals surface area contributed by atoms with Gasteiger partial charge in [0, 0.05) is 18.0 Å². The number of anilines is 1. The molecule has 0 aromatic carbocycles. The van der Waals surface area contributed by atoms with E-state index < -0.39 is 0 Å². The average molecular weight is 367 g/mol. The largest absolute Gasteiger partial charge is 0.462 e. The van der Waals surface area contributed by atoms with Crippen LogP contribution in [0.15, 0.2) is 0 Å². The number of thiophene rings is 1. The van der Waals surface area contributed by atoms with Crippen molar-refractivity contribution in [2.45, 2.75) is 58.3 Å². The molecular weight excluding hydrogens is 340 g/mol. The molecule has 1 aromatic heterocycles. The number of aryl methyl sites for hydroxylation is 1. The van der Waals surface area contributed by atoms with Crippen LogP contribution in [0, 0.1) is 0 Å². The smallest absolute Gasteiger partial charge is 0.341 e. The number of hydrogen-bond donors (Lipinski definition) is 1. The molecule has 0 amide bonds. The van der Waals surface area contributed by atoms with Crippen molar-refractivity contribution in [3.05, 3.63) is 16.0 Å². The first-order chi connectivity index (χ1) is 11.7. The summed E-state index contributed by atoms with van der Waals surface area (Å²) in [5.74, 6) is -0.210. The van der Waals surface area contributed by atoms with Gasteiger partial charge in [-0.25, -0.2) is 4.79 Å². The van der Waals surface area contributed by atoms with Crippen LogP contribution in [0.3, 0.4) is 0 Å². The molecule has 2 heterocycles. The highest BCUT2D eigenvalue weighted by Gasteiger charge is 2.27. The Labute approximate surface area is 153 Å². The van der Waals surface area contributed by atoms with Gasteiger partial charge in [-0.1, -0.05) is 12.8 Å². The van der Waals surface area contributed by atoms with Gasteiger partial charge in [-0.15, -0.1) is 11.3 Å². The average Bonchev–Trinajstić information content (AvgIpc) is 2.74. The molecule has 6 heteroatoms. The predicted octanol–water partition coefficient (Wildman–Crippen LogP) is 4.38. The van der Waals surface area contributed by atoms with E-state index in [2.05, 4.69) is 10.2 Å². The van der Waals surface area contributed by atoms with Crippen LogP contribution < -0.4 is 5.32 Å². The minimum absolute atomic E-state index is 0.210. The molecule has 0 bridgehead atoms. The molecule has 1 N–H and O–H groups in total. The van der Waals surface area contributed by atoms with Crippen LogP contribution in [0.5, 0.6) is 0 Å². The molecule has 132 valence electrons. The lowest BCUT2D eigenvalue weighted by Gasteiger charge is -2.23. The van der Waals surface area contributed by atoms with E-state index in [-0.39, 0.29) is 5.97 Å². The summed E-state index contributed by atoms with van der Waals surface area (Å²) in [5, 5.41) is 5.01. The summed E-state index contributed by atoms with van der Waals surface area (Å²) in [6.45, 7) is 4.27. The zero-order chi connectivity index (χ0) is 16.9. The molecular formula is C18H26N2O2S2. The van der Waals surface area contributed by atoms with Crippen LogP contribution in [0.4, 0.5) is 5.00 Å². The Morgan fingerprint density at radius 3 is 2.58 bits per heavy atom. The number of hydrogen-bond acceptors (Lipinski definition) is 4. The molecule has 0 spiro atoms. The minimum atomic E-state index is -0.210. The van der Waals surface area contributed by atoms with Crippen molar-refractivity contribution in [2.75, 3.05) is 25.0 Å². The summed E-state index contributed by atoms with van der Waals surface area (Å²) in [6, 6.07) is 0. The van der Waals surface area contributed by atoms with Crippen molar-refractivity contribution in [1.82, 2.24) is 4.90 Å². The maximum atomic E-state index is 12.5. The molecule has 2 aliphatic rings. The van der Waals surface area contributed by atoms with E-state index >= 15 is 0 Å². The van der Waals surface area contributed by atoms with Gasteiger partial charge < -0.3 is 15.0 Å². The number of nitrogens with one attached hydrogen (secondary N) is 1.